The summed E-state index contributed by atoms with van der Waals surface area (Å²) < 4.78 is 0. The molecule has 0 aliphatic heterocycles. The Bertz CT molecular complexity index is 447. The first-order chi connectivity index (χ1) is 9.38. The molecule has 1 aromatic rings. The van der Waals surface area contributed by atoms with E-state index in [0.29, 0.717) is 6.42 Å². The average molecular weight is 298 g/mol. The predicted molar refractivity (Wildman–Crippen MR) is 79.9 cm³/mol. The van der Waals surface area contributed by atoms with Crippen LogP contribution in [0.5, 0.6) is 0 Å². The van der Waals surface area contributed by atoms with Crippen molar-refractivity contribution in [3.05, 3.63) is 22.4 Å². The van der Waals surface area contributed by atoms with E-state index in [4.69, 9.17) is 0 Å². The summed E-state index contributed by atoms with van der Waals surface area (Å²) in [7, 11) is 1.68. The molecule has 5 nitrogen and oxygen atoms in total. The minimum atomic E-state index is -0.995. The molecule has 20 heavy (non-hydrogen) atoms. The Kier molecular flexibility index (Phi) is 6.01. The Morgan fingerprint density at radius 2 is 2.10 bits per heavy atom. The zero-order valence-corrected chi connectivity index (χ0v) is 13.1. The van der Waals surface area contributed by atoms with Gasteiger partial charge in [-0.25, -0.2) is 9.59 Å². The third-order valence-electron chi connectivity index (χ3n) is 3.61. The number of nitrogens with one attached hydrogen (secondary N) is 1. The van der Waals surface area contributed by atoms with Gasteiger partial charge < -0.3 is 15.3 Å². The highest BCUT2D eigenvalue weighted by Gasteiger charge is 2.28. The Labute approximate surface area is 123 Å². The number of thiophene rings is 1. The zero-order chi connectivity index (χ0) is 15.3. The second kappa shape index (κ2) is 7.28. The number of carbonyl (C=O) groups excluding carboxylic acids is 1. The summed E-state index contributed by atoms with van der Waals surface area (Å²) in [6.07, 6.45) is 0.696. The van der Waals surface area contributed by atoms with Crippen LogP contribution < -0.4 is 5.32 Å². The molecule has 0 saturated carbocycles. The van der Waals surface area contributed by atoms with Gasteiger partial charge in [-0.3, -0.25) is 0 Å². The molecule has 2 unspecified atom stereocenters. The van der Waals surface area contributed by atoms with Crippen molar-refractivity contribution in [3.8, 4) is 0 Å². The van der Waals surface area contributed by atoms with Crippen LogP contribution in [0, 0.1) is 5.92 Å². The number of nitrogens with zero attached hydrogens (tertiary/aromatic N) is 1. The number of carboxylic acids is 1. The molecular weight excluding hydrogens is 276 g/mol. The summed E-state index contributed by atoms with van der Waals surface area (Å²) >= 11 is 1.57. The van der Waals surface area contributed by atoms with E-state index >= 15 is 0 Å². The van der Waals surface area contributed by atoms with Gasteiger partial charge in [-0.1, -0.05) is 26.3 Å². The van der Waals surface area contributed by atoms with Crippen LogP contribution >= 0.6 is 11.3 Å². The highest BCUT2D eigenvalue weighted by molar-refractivity contribution is 7.10. The summed E-state index contributed by atoms with van der Waals surface area (Å²) in [6.45, 7) is 5.65. The summed E-state index contributed by atoms with van der Waals surface area (Å²) in [5.41, 5.74) is 0. The first kappa shape index (κ1) is 16.5. The maximum Gasteiger partial charge on any atom is 0.326 e. The molecule has 112 valence electrons. The Balaban J connectivity index is 2.71. The lowest BCUT2D eigenvalue weighted by molar-refractivity contribution is -0.140. The van der Waals surface area contributed by atoms with Crippen molar-refractivity contribution in [1.29, 1.82) is 0 Å². The standard InChI is InChI=1S/C14H22N2O3S/c1-5-9(2)12(13(17)18)15-14(19)16(4)10(3)11-7-6-8-20-11/h6-10,12H,5H2,1-4H3,(H,15,19)(H,17,18)/t9?,10?,12-/m0/s1. The molecule has 0 bridgehead atoms. The number of rotatable bonds is 6. The van der Waals surface area contributed by atoms with Crippen LogP contribution in [-0.4, -0.2) is 35.1 Å². The van der Waals surface area contributed by atoms with E-state index in [2.05, 4.69) is 5.32 Å². The molecule has 0 aromatic carbocycles. The first-order valence-electron chi connectivity index (χ1n) is 6.68. The van der Waals surface area contributed by atoms with Crippen molar-refractivity contribution in [2.75, 3.05) is 7.05 Å². The van der Waals surface area contributed by atoms with Crippen molar-refractivity contribution in [1.82, 2.24) is 10.2 Å². The highest BCUT2D eigenvalue weighted by Crippen LogP contribution is 2.23. The number of urea groups is 1. The van der Waals surface area contributed by atoms with Crippen LogP contribution in [0.15, 0.2) is 17.5 Å². The van der Waals surface area contributed by atoms with E-state index in [-0.39, 0.29) is 18.0 Å². The topological polar surface area (TPSA) is 69.6 Å². The molecule has 2 N–H and O–H groups in total. The summed E-state index contributed by atoms with van der Waals surface area (Å²) in [5, 5.41) is 13.8. The predicted octanol–water partition coefficient (Wildman–Crippen LogP) is 2.95. The van der Waals surface area contributed by atoms with Gasteiger partial charge in [-0.2, -0.15) is 0 Å². The molecule has 0 saturated heterocycles. The van der Waals surface area contributed by atoms with Crippen LogP contribution in [0.3, 0.4) is 0 Å². The molecule has 0 aliphatic carbocycles. The van der Waals surface area contributed by atoms with Crippen molar-refractivity contribution in [2.24, 2.45) is 5.92 Å². The number of hydrogen-bond donors (Lipinski definition) is 2. The van der Waals surface area contributed by atoms with Gasteiger partial charge in [-0.15, -0.1) is 11.3 Å². The van der Waals surface area contributed by atoms with Gasteiger partial charge in [0.15, 0.2) is 0 Å². The summed E-state index contributed by atoms with van der Waals surface area (Å²) in [5.74, 6) is -1.10. The lowest BCUT2D eigenvalue weighted by Crippen LogP contribution is -2.49. The maximum absolute atomic E-state index is 12.2. The normalized spacial score (nSPS) is 15.2. The molecule has 3 atom stereocenters. The number of aliphatic carboxylic acids is 1. The first-order valence-corrected chi connectivity index (χ1v) is 7.56. The Morgan fingerprint density at radius 1 is 1.45 bits per heavy atom. The number of hydrogen-bond acceptors (Lipinski definition) is 3. The van der Waals surface area contributed by atoms with Crippen molar-refractivity contribution in [3.63, 3.8) is 0 Å². The molecule has 1 rings (SSSR count). The molecule has 0 spiro atoms. The lowest BCUT2D eigenvalue weighted by Gasteiger charge is -2.28. The molecule has 1 aromatic heterocycles. The average Bonchev–Trinajstić information content (AvgIpc) is 2.95. The quantitative estimate of drug-likeness (QED) is 0.848. The largest absolute Gasteiger partial charge is 0.480 e. The minimum Gasteiger partial charge on any atom is -0.480 e. The van der Waals surface area contributed by atoms with E-state index in [1.165, 1.54) is 4.90 Å². The van der Waals surface area contributed by atoms with Crippen LogP contribution in [0.2, 0.25) is 0 Å². The fourth-order valence-electron chi connectivity index (χ4n) is 1.81. The number of carboxylic acid groups (broad SMARTS) is 1. The minimum absolute atomic E-state index is 0.0821. The zero-order valence-electron chi connectivity index (χ0n) is 12.3. The molecule has 0 radical (unpaired) electrons. The lowest BCUT2D eigenvalue weighted by atomic mass is 9.99. The summed E-state index contributed by atoms with van der Waals surface area (Å²) in [6, 6.07) is 2.59. The molecular formula is C14H22N2O3S. The van der Waals surface area contributed by atoms with Crippen LogP contribution in [0.4, 0.5) is 4.79 Å². The number of carbonyl (C=O) groups is 2. The molecule has 0 fully saturated rings. The molecule has 1 heterocycles. The third-order valence-corrected chi connectivity index (χ3v) is 4.66. The van der Waals surface area contributed by atoms with Crippen molar-refractivity contribution >= 4 is 23.3 Å². The third kappa shape index (κ3) is 3.96. The second-order valence-electron chi connectivity index (χ2n) is 4.95. The SMILES string of the molecule is CCC(C)[C@H](NC(=O)N(C)C(C)c1cccs1)C(=O)O. The fourth-order valence-corrected chi connectivity index (χ4v) is 2.64. The highest BCUT2D eigenvalue weighted by atomic mass is 32.1. The van der Waals surface area contributed by atoms with Gasteiger partial charge >= 0.3 is 12.0 Å². The van der Waals surface area contributed by atoms with Gasteiger partial charge in [0.1, 0.15) is 6.04 Å². The van der Waals surface area contributed by atoms with Crippen LogP contribution in [0.25, 0.3) is 0 Å². The van der Waals surface area contributed by atoms with Crippen LogP contribution in [0.1, 0.15) is 38.1 Å². The van der Waals surface area contributed by atoms with Gasteiger partial charge in [0, 0.05) is 11.9 Å². The van der Waals surface area contributed by atoms with E-state index in [9.17, 15) is 14.7 Å². The molecule has 2 amide bonds. The van der Waals surface area contributed by atoms with Gasteiger partial charge in [-0.05, 0) is 24.3 Å². The smallest absolute Gasteiger partial charge is 0.326 e. The van der Waals surface area contributed by atoms with Gasteiger partial charge in [0.25, 0.3) is 0 Å². The maximum atomic E-state index is 12.2. The van der Waals surface area contributed by atoms with E-state index in [1.807, 2.05) is 38.3 Å². The Morgan fingerprint density at radius 3 is 2.55 bits per heavy atom. The summed E-state index contributed by atoms with van der Waals surface area (Å²) in [4.78, 5) is 26.0. The van der Waals surface area contributed by atoms with Crippen LogP contribution in [-0.2, 0) is 4.79 Å². The fraction of sp³-hybridized carbons (Fsp3) is 0.571. The van der Waals surface area contributed by atoms with E-state index in [1.54, 1.807) is 18.4 Å². The molecule has 6 heteroatoms. The monoisotopic (exact) mass is 298 g/mol. The van der Waals surface area contributed by atoms with E-state index < -0.39 is 12.0 Å². The van der Waals surface area contributed by atoms with Gasteiger partial charge in [0.05, 0.1) is 6.04 Å². The van der Waals surface area contributed by atoms with Gasteiger partial charge in [0.2, 0.25) is 0 Å². The molecule has 0 aliphatic rings. The second-order valence-corrected chi connectivity index (χ2v) is 5.93. The van der Waals surface area contributed by atoms with Crippen molar-refractivity contribution in [2.45, 2.75) is 39.3 Å². The van der Waals surface area contributed by atoms with E-state index in [0.717, 1.165) is 4.88 Å². The Hall–Kier alpha value is -1.56. The number of amides is 2. The van der Waals surface area contributed by atoms with Crippen molar-refractivity contribution < 1.29 is 14.7 Å².